The molecule has 0 bridgehead atoms. The van der Waals surface area contributed by atoms with Crippen molar-refractivity contribution in [2.75, 3.05) is 19.6 Å². The Balaban J connectivity index is 2.32. The summed E-state index contributed by atoms with van der Waals surface area (Å²) in [6.45, 7) is 5.27. The minimum absolute atomic E-state index is 0.0183. The normalized spacial score (nSPS) is 17.1. The van der Waals surface area contributed by atoms with Crippen molar-refractivity contribution in [1.29, 1.82) is 0 Å². The molecule has 1 rings (SSSR count). The van der Waals surface area contributed by atoms with E-state index in [9.17, 15) is 9.59 Å². The highest BCUT2D eigenvalue weighted by Crippen LogP contribution is 2.15. The van der Waals surface area contributed by atoms with Gasteiger partial charge in [0.25, 0.3) is 0 Å². The number of carbonyl (C=O) groups is 2. The molecule has 92 valence electrons. The van der Waals surface area contributed by atoms with E-state index in [0.29, 0.717) is 0 Å². The third kappa shape index (κ3) is 4.12. The molecule has 1 aliphatic heterocycles. The van der Waals surface area contributed by atoms with Crippen LogP contribution in [0.25, 0.3) is 0 Å². The maximum absolute atomic E-state index is 11.7. The third-order valence-corrected chi connectivity index (χ3v) is 3.01. The summed E-state index contributed by atoms with van der Waals surface area (Å²) in [5, 5.41) is 2.64. The van der Waals surface area contributed by atoms with Crippen molar-refractivity contribution in [3.05, 3.63) is 0 Å². The Hall–Kier alpha value is -0.580. The van der Waals surface area contributed by atoms with Gasteiger partial charge in [-0.3, -0.25) is 9.59 Å². The van der Waals surface area contributed by atoms with Crippen molar-refractivity contribution in [2.24, 2.45) is 0 Å². The van der Waals surface area contributed by atoms with E-state index in [1.807, 2.05) is 4.90 Å². The fourth-order valence-electron chi connectivity index (χ4n) is 1.62. The molecule has 4 nitrogen and oxygen atoms in total. The Morgan fingerprint density at radius 1 is 1.25 bits per heavy atom. The largest absolute Gasteiger partial charge is 0.346 e. The number of nitrogens with one attached hydrogen (secondary N) is 1. The number of amides is 2. The average molecular weight is 291 g/mol. The fraction of sp³-hybridized carbons (Fsp3) is 0.818. The second-order valence-electron chi connectivity index (χ2n) is 4.60. The Kier molecular flexibility index (Phi) is 4.77. The number of likely N-dealkylation sites (tertiary alicyclic amines) is 1. The maximum atomic E-state index is 11.7. The molecule has 1 aliphatic rings. The van der Waals surface area contributed by atoms with E-state index in [1.54, 1.807) is 13.8 Å². The van der Waals surface area contributed by atoms with E-state index < -0.39 is 4.32 Å². The van der Waals surface area contributed by atoms with E-state index in [4.69, 9.17) is 0 Å². The molecule has 1 saturated heterocycles. The van der Waals surface area contributed by atoms with Crippen molar-refractivity contribution in [3.63, 3.8) is 0 Å². The summed E-state index contributed by atoms with van der Waals surface area (Å²) in [6, 6.07) is 0. The molecule has 16 heavy (non-hydrogen) atoms. The third-order valence-electron chi connectivity index (χ3n) is 2.65. The van der Waals surface area contributed by atoms with Crippen LogP contribution in [0.15, 0.2) is 0 Å². The highest BCUT2D eigenvalue weighted by Gasteiger charge is 2.24. The van der Waals surface area contributed by atoms with Crippen LogP contribution in [0.4, 0.5) is 0 Å². The van der Waals surface area contributed by atoms with Crippen molar-refractivity contribution in [1.82, 2.24) is 10.2 Å². The lowest BCUT2D eigenvalue weighted by Crippen LogP contribution is -2.46. The molecule has 0 aliphatic carbocycles. The molecule has 2 amide bonds. The van der Waals surface area contributed by atoms with E-state index >= 15 is 0 Å². The monoisotopic (exact) mass is 290 g/mol. The second kappa shape index (κ2) is 5.66. The van der Waals surface area contributed by atoms with Gasteiger partial charge in [-0.2, -0.15) is 0 Å². The number of piperidine rings is 1. The number of hydrogen-bond acceptors (Lipinski definition) is 2. The predicted molar refractivity (Wildman–Crippen MR) is 66.4 cm³/mol. The minimum Gasteiger partial charge on any atom is -0.346 e. The van der Waals surface area contributed by atoms with Gasteiger partial charge in [-0.15, -0.1) is 0 Å². The quantitative estimate of drug-likeness (QED) is 0.797. The first-order valence-corrected chi connectivity index (χ1v) is 6.45. The molecule has 0 radical (unpaired) electrons. The number of rotatable bonds is 3. The van der Waals surface area contributed by atoms with Crippen LogP contribution in [-0.4, -0.2) is 40.7 Å². The van der Waals surface area contributed by atoms with Crippen LogP contribution in [-0.2, 0) is 9.59 Å². The zero-order valence-electron chi connectivity index (χ0n) is 9.88. The standard InChI is InChI=1S/C11H19BrN2O2/c1-11(2,12)10(16)13-8-9(15)14-6-4-3-5-7-14/h3-8H2,1-2H3,(H,13,16). The molecule has 1 N–H and O–H groups in total. The number of hydrogen-bond donors (Lipinski definition) is 1. The van der Waals surface area contributed by atoms with E-state index in [1.165, 1.54) is 6.42 Å². The van der Waals surface area contributed by atoms with Gasteiger partial charge in [-0.1, -0.05) is 15.9 Å². The second-order valence-corrected chi connectivity index (χ2v) is 6.58. The van der Waals surface area contributed by atoms with Gasteiger partial charge in [0.15, 0.2) is 0 Å². The van der Waals surface area contributed by atoms with Gasteiger partial charge >= 0.3 is 0 Å². The minimum atomic E-state index is -0.616. The van der Waals surface area contributed by atoms with Crippen LogP contribution in [0.5, 0.6) is 0 Å². The Bertz CT molecular complexity index is 268. The smallest absolute Gasteiger partial charge is 0.241 e. The molecule has 0 saturated carbocycles. The summed E-state index contributed by atoms with van der Waals surface area (Å²) >= 11 is 3.25. The Morgan fingerprint density at radius 2 is 1.81 bits per heavy atom. The van der Waals surface area contributed by atoms with Gasteiger partial charge in [0.05, 0.1) is 10.9 Å². The summed E-state index contributed by atoms with van der Waals surface area (Å²) < 4.78 is -0.616. The van der Waals surface area contributed by atoms with Crippen LogP contribution in [0.3, 0.4) is 0 Å². The van der Waals surface area contributed by atoms with Gasteiger partial charge < -0.3 is 10.2 Å². The van der Waals surface area contributed by atoms with Crippen molar-refractivity contribution in [2.45, 2.75) is 37.4 Å². The zero-order chi connectivity index (χ0) is 12.2. The molecule has 1 fully saturated rings. The van der Waals surface area contributed by atoms with Gasteiger partial charge in [-0.25, -0.2) is 0 Å². The van der Waals surface area contributed by atoms with Gasteiger partial charge in [0.2, 0.25) is 11.8 Å². The number of alkyl halides is 1. The van der Waals surface area contributed by atoms with Crippen molar-refractivity contribution < 1.29 is 9.59 Å². The highest BCUT2D eigenvalue weighted by molar-refractivity contribution is 9.10. The summed E-state index contributed by atoms with van der Waals surface area (Å²) in [5.74, 6) is -0.136. The van der Waals surface area contributed by atoms with Gasteiger partial charge in [0.1, 0.15) is 0 Å². The van der Waals surface area contributed by atoms with Crippen LogP contribution in [0, 0.1) is 0 Å². The average Bonchev–Trinajstić information content (AvgIpc) is 2.25. The Morgan fingerprint density at radius 3 is 2.31 bits per heavy atom. The molecule has 0 aromatic carbocycles. The number of halogens is 1. The first kappa shape index (κ1) is 13.5. The summed E-state index contributed by atoms with van der Waals surface area (Å²) in [6.07, 6.45) is 3.35. The molecule has 0 spiro atoms. The summed E-state index contributed by atoms with van der Waals surface area (Å²) in [7, 11) is 0. The van der Waals surface area contributed by atoms with Gasteiger partial charge in [-0.05, 0) is 33.1 Å². The lowest BCUT2D eigenvalue weighted by Gasteiger charge is -2.27. The maximum Gasteiger partial charge on any atom is 0.241 e. The zero-order valence-corrected chi connectivity index (χ0v) is 11.5. The molecular weight excluding hydrogens is 272 g/mol. The molecule has 0 unspecified atom stereocenters. The molecular formula is C11H19BrN2O2. The molecule has 1 heterocycles. The van der Waals surface area contributed by atoms with E-state index in [0.717, 1.165) is 25.9 Å². The lowest BCUT2D eigenvalue weighted by molar-refractivity contribution is -0.133. The first-order chi connectivity index (χ1) is 7.41. The van der Waals surface area contributed by atoms with Crippen molar-refractivity contribution >= 4 is 27.7 Å². The molecule has 5 heteroatoms. The molecule has 0 aromatic heterocycles. The van der Waals surface area contributed by atoms with Crippen LogP contribution < -0.4 is 5.32 Å². The number of carbonyl (C=O) groups excluding carboxylic acids is 2. The Labute approximate surface area is 105 Å². The predicted octanol–water partition coefficient (Wildman–Crippen LogP) is 1.29. The van der Waals surface area contributed by atoms with E-state index in [-0.39, 0.29) is 18.4 Å². The topological polar surface area (TPSA) is 49.4 Å². The SMILES string of the molecule is CC(C)(Br)C(=O)NCC(=O)N1CCCCC1. The number of nitrogens with zero attached hydrogens (tertiary/aromatic N) is 1. The van der Waals surface area contributed by atoms with Gasteiger partial charge in [0, 0.05) is 13.1 Å². The van der Waals surface area contributed by atoms with Crippen LogP contribution in [0.2, 0.25) is 0 Å². The highest BCUT2D eigenvalue weighted by atomic mass is 79.9. The first-order valence-electron chi connectivity index (χ1n) is 5.66. The van der Waals surface area contributed by atoms with Crippen molar-refractivity contribution in [3.8, 4) is 0 Å². The molecule has 0 atom stereocenters. The summed E-state index contributed by atoms with van der Waals surface area (Å²) in [5.41, 5.74) is 0. The van der Waals surface area contributed by atoms with E-state index in [2.05, 4.69) is 21.2 Å². The lowest BCUT2D eigenvalue weighted by atomic mass is 10.1. The summed E-state index contributed by atoms with van der Waals surface area (Å²) in [4.78, 5) is 25.1. The van der Waals surface area contributed by atoms with Crippen LogP contribution >= 0.6 is 15.9 Å². The van der Waals surface area contributed by atoms with Crippen LogP contribution in [0.1, 0.15) is 33.1 Å². The molecule has 0 aromatic rings. The fourth-order valence-corrected chi connectivity index (χ4v) is 1.76.